The van der Waals surface area contributed by atoms with Gasteiger partial charge in [-0.15, -0.1) is 0 Å². The van der Waals surface area contributed by atoms with Crippen molar-refractivity contribution >= 4 is 38.2 Å². The number of aliphatic hydroxyl groups excluding tert-OH is 2. The third kappa shape index (κ3) is 2.16. The number of halogens is 1. The molecule has 1 saturated heterocycles. The molecule has 2 unspecified atom stereocenters. The van der Waals surface area contributed by atoms with Crippen molar-refractivity contribution in [2.24, 2.45) is 0 Å². The molecule has 0 aliphatic carbocycles. The first-order chi connectivity index (χ1) is 9.06. The highest BCUT2D eigenvalue weighted by molar-refractivity contribution is 9.10. The number of β-amino-alcohol motifs (C(OH)–C–C–N with tert-alkyl or cyclic N) is 2. The molecular formula is C13H14BrN3O2. The van der Waals surface area contributed by atoms with Crippen LogP contribution >= 0.6 is 15.9 Å². The maximum Gasteiger partial charge on any atom is 0.0990 e. The average Bonchev–Trinajstić information content (AvgIpc) is 2.68. The molecule has 0 saturated carbocycles. The van der Waals surface area contributed by atoms with E-state index >= 15 is 0 Å². The Labute approximate surface area is 118 Å². The van der Waals surface area contributed by atoms with Gasteiger partial charge in [-0.25, -0.2) is 0 Å². The van der Waals surface area contributed by atoms with Crippen molar-refractivity contribution in [2.45, 2.75) is 12.2 Å². The van der Waals surface area contributed by atoms with E-state index in [0.29, 0.717) is 18.8 Å². The summed E-state index contributed by atoms with van der Waals surface area (Å²) in [4.78, 5) is 6.20. The second-order valence-corrected chi connectivity index (χ2v) is 5.68. The zero-order valence-corrected chi connectivity index (χ0v) is 11.7. The molecule has 1 fully saturated rings. The molecule has 1 aromatic heterocycles. The largest absolute Gasteiger partial charge is 0.396 e. The van der Waals surface area contributed by atoms with Gasteiger partial charge < -0.3 is 20.8 Å². The number of hydrogen-bond donors (Lipinski definition) is 3. The fourth-order valence-electron chi connectivity index (χ4n) is 2.47. The van der Waals surface area contributed by atoms with E-state index in [-0.39, 0.29) is 0 Å². The second kappa shape index (κ2) is 4.63. The third-order valence-electron chi connectivity index (χ3n) is 3.41. The van der Waals surface area contributed by atoms with Crippen LogP contribution in [0.15, 0.2) is 28.9 Å². The minimum Gasteiger partial charge on any atom is -0.396 e. The molecule has 100 valence electrons. The molecular weight excluding hydrogens is 310 g/mol. The highest BCUT2D eigenvalue weighted by atomic mass is 79.9. The van der Waals surface area contributed by atoms with Gasteiger partial charge in [0.1, 0.15) is 0 Å². The van der Waals surface area contributed by atoms with Crippen molar-refractivity contribution in [3.63, 3.8) is 0 Å². The van der Waals surface area contributed by atoms with E-state index in [1.54, 1.807) is 6.20 Å². The predicted octanol–water partition coefficient (Wildman–Crippen LogP) is 1.12. The summed E-state index contributed by atoms with van der Waals surface area (Å²) in [6.07, 6.45) is 0.132. The molecule has 4 N–H and O–H groups in total. The molecule has 0 amide bonds. The number of benzene rings is 1. The predicted molar refractivity (Wildman–Crippen MR) is 78.1 cm³/mol. The number of fused-ring (bicyclic) bond motifs is 1. The highest BCUT2D eigenvalue weighted by Crippen LogP contribution is 2.35. The van der Waals surface area contributed by atoms with Crippen LogP contribution in [0.3, 0.4) is 0 Å². The smallest absolute Gasteiger partial charge is 0.0990 e. The molecule has 6 heteroatoms. The Balaban J connectivity index is 2.16. The molecule has 0 spiro atoms. The van der Waals surface area contributed by atoms with Crippen LogP contribution in [0.4, 0.5) is 11.4 Å². The number of aromatic nitrogens is 1. The summed E-state index contributed by atoms with van der Waals surface area (Å²) in [6.45, 7) is 0.744. The van der Waals surface area contributed by atoms with E-state index in [2.05, 4.69) is 20.9 Å². The minimum absolute atomic E-state index is 0.372. The Morgan fingerprint density at radius 3 is 2.63 bits per heavy atom. The molecule has 0 radical (unpaired) electrons. The summed E-state index contributed by atoms with van der Waals surface area (Å²) in [5, 5.41) is 20.3. The van der Waals surface area contributed by atoms with Gasteiger partial charge in [-0.2, -0.15) is 0 Å². The Morgan fingerprint density at radius 2 is 1.95 bits per heavy atom. The first-order valence-corrected chi connectivity index (χ1v) is 6.80. The van der Waals surface area contributed by atoms with Crippen molar-refractivity contribution in [1.82, 2.24) is 4.98 Å². The lowest BCUT2D eigenvalue weighted by Crippen LogP contribution is -2.22. The van der Waals surface area contributed by atoms with Crippen LogP contribution in [0.2, 0.25) is 0 Å². The van der Waals surface area contributed by atoms with E-state index < -0.39 is 12.2 Å². The molecule has 3 rings (SSSR count). The number of rotatable bonds is 1. The zero-order valence-electron chi connectivity index (χ0n) is 10.1. The molecule has 2 atom stereocenters. The Bertz CT molecular complexity index is 619. The first-order valence-electron chi connectivity index (χ1n) is 6.01. The van der Waals surface area contributed by atoms with Crippen LogP contribution in [0, 0.1) is 0 Å². The van der Waals surface area contributed by atoms with Crippen LogP contribution < -0.4 is 10.6 Å². The van der Waals surface area contributed by atoms with Gasteiger partial charge in [-0.05, 0) is 18.2 Å². The highest BCUT2D eigenvalue weighted by Gasteiger charge is 2.31. The van der Waals surface area contributed by atoms with Crippen LogP contribution in [0.1, 0.15) is 0 Å². The number of aliphatic hydroxyl groups is 2. The summed E-state index contributed by atoms with van der Waals surface area (Å²) in [5.74, 6) is 0. The van der Waals surface area contributed by atoms with Crippen molar-refractivity contribution in [3.8, 4) is 0 Å². The summed E-state index contributed by atoms with van der Waals surface area (Å²) < 4.78 is 0.939. The quantitative estimate of drug-likeness (QED) is 0.732. The molecule has 0 bridgehead atoms. The van der Waals surface area contributed by atoms with E-state index in [1.807, 2.05) is 23.1 Å². The van der Waals surface area contributed by atoms with Gasteiger partial charge in [-0.1, -0.05) is 15.9 Å². The van der Waals surface area contributed by atoms with Crippen LogP contribution in [0.5, 0.6) is 0 Å². The van der Waals surface area contributed by atoms with Gasteiger partial charge in [0.2, 0.25) is 0 Å². The van der Waals surface area contributed by atoms with Crippen LogP contribution in [0.25, 0.3) is 10.9 Å². The second-order valence-electron chi connectivity index (χ2n) is 4.76. The lowest BCUT2D eigenvalue weighted by molar-refractivity contribution is 0.0572. The van der Waals surface area contributed by atoms with Gasteiger partial charge in [0.05, 0.1) is 35.3 Å². The average molecular weight is 324 g/mol. The summed E-state index contributed by atoms with van der Waals surface area (Å²) in [7, 11) is 0. The Hall–Kier alpha value is -1.37. The van der Waals surface area contributed by atoms with E-state index in [0.717, 1.165) is 21.1 Å². The SMILES string of the molecule is Nc1cnc2ccc(Br)cc2c1N1CC(O)C(O)C1. The lowest BCUT2D eigenvalue weighted by Gasteiger charge is -2.21. The Kier molecular flexibility index (Phi) is 3.08. The summed E-state index contributed by atoms with van der Waals surface area (Å²) >= 11 is 3.44. The normalized spacial score (nSPS) is 23.2. The minimum atomic E-state index is -0.741. The topological polar surface area (TPSA) is 82.6 Å². The van der Waals surface area contributed by atoms with Gasteiger partial charge >= 0.3 is 0 Å². The summed E-state index contributed by atoms with van der Waals surface area (Å²) in [6, 6.07) is 5.78. The molecule has 5 nitrogen and oxygen atoms in total. The Morgan fingerprint density at radius 1 is 1.26 bits per heavy atom. The van der Waals surface area contributed by atoms with Crippen molar-refractivity contribution in [3.05, 3.63) is 28.9 Å². The molecule has 1 aliphatic heterocycles. The standard InChI is InChI=1S/C13H14BrN3O2/c14-7-1-2-10-8(3-7)13(9(15)4-16-10)17-5-11(18)12(19)6-17/h1-4,11-12,18-19H,5-6,15H2. The monoisotopic (exact) mass is 323 g/mol. The molecule has 2 aromatic rings. The van der Waals surface area contributed by atoms with Crippen LogP contribution in [-0.2, 0) is 0 Å². The number of nitrogens with zero attached hydrogens (tertiary/aromatic N) is 2. The molecule has 1 aliphatic rings. The third-order valence-corrected chi connectivity index (χ3v) is 3.90. The van der Waals surface area contributed by atoms with E-state index in [4.69, 9.17) is 5.73 Å². The van der Waals surface area contributed by atoms with E-state index in [1.165, 1.54) is 0 Å². The van der Waals surface area contributed by atoms with Gasteiger partial charge in [0.15, 0.2) is 0 Å². The molecule has 19 heavy (non-hydrogen) atoms. The van der Waals surface area contributed by atoms with Gasteiger partial charge in [-0.3, -0.25) is 4.98 Å². The number of nitrogens with two attached hydrogens (primary N) is 1. The van der Waals surface area contributed by atoms with Crippen LogP contribution in [-0.4, -0.2) is 40.5 Å². The van der Waals surface area contributed by atoms with Crippen molar-refractivity contribution in [2.75, 3.05) is 23.7 Å². The van der Waals surface area contributed by atoms with Gasteiger partial charge in [0.25, 0.3) is 0 Å². The maximum absolute atomic E-state index is 9.69. The number of pyridine rings is 1. The van der Waals surface area contributed by atoms with Crippen molar-refractivity contribution in [1.29, 1.82) is 0 Å². The first kappa shape index (κ1) is 12.7. The lowest BCUT2D eigenvalue weighted by atomic mass is 10.1. The maximum atomic E-state index is 9.69. The fourth-order valence-corrected chi connectivity index (χ4v) is 2.83. The number of hydrogen-bond acceptors (Lipinski definition) is 5. The van der Waals surface area contributed by atoms with Crippen molar-refractivity contribution < 1.29 is 10.2 Å². The number of nitrogen functional groups attached to an aromatic ring is 1. The molecule has 2 heterocycles. The molecule has 1 aromatic carbocycles. The van der Waals surface area contributed by atoms with E-state index in [9.17, 15) is 10.2 Å². The van der Waals surface area contributed by atoms with Gasteiger partial charge in [0, 0.05) is 22.9 Å². The zero-order chi connectivity index (χ0) is 13.6. The number of anilines is 2. The summed E-state index contributed by atoms with van der Waals surface area (Å²) in [5.41, 5.74) is 8.23. The fraction of sp³-hybridized carbons (Fsp3) is 0.308.